The topological polar surface area (TPSA) is 89.7 Å². The molecule has 1 aliphatic rings. The number of nitriles is 1. The third-order valence-electron chi connectivity index (χ3n) is 6.39. The van der Waals surface area contributed by atoms with E-state index < -0.39 is 5.97 Å². The van der Waals surface area contributed by atoms with Crippen molar-refractivity contribution >= 4 is 11.8 Å². The average Bonchev–Trinajstić information content (AvgIpc) is 2.93. The van der Waals surface area contributed by atoms with Gasteiger partial charge in [-0.05, 0) is 47.9 Å². The molecule has 0 bridgehead atoms. The Labute approximate surface area is 217 Å². The first-order chi connectivity index (χ1) is 18.0. The largest absolute Gasteiger partial charge is 0.489 e. The summed E-state index contributed by atoms with van der Waals surface area (Å²) in [6.45, 7) is 6.81. The molecule has 4 rings (SSSR count). The molecule has 0 aliphatic carbocycles. The number of anilines is 1. The van der Waals surface area contributed by atoms with Crippen LogP contribution in [0.15, 0.2) is 66.9 Å². The number of aliphatic carboxylic acids is 1. The van der Waals surface area contributed by atoms with Crippen LogP contribution in [0.4, 0.5) is 5.82 Å². The van der Waals surface area contributed by atoms with Crippen molar-refractivity contribution in [3.63, 3.8) is 0 Å². The highest BCUT2D eigenvalue weighted by Crippen LogP contribution is 2.23. The van der Waals surface area contributed by atoms with Crippen LogP contribution in [0.3, 0.4) is 0 Å². The van der Waals surface area contributed by atoms with E-state index >= 15 is 0 Å². The Balaban J connectivity index is 1.24. The molecule has 0 spiro atoms. The van der Waals surface area contributed by atoms with Crippen molar-refractivity contribution in [2.45, 2.75) is 32.4 Å². The van der Waals surface area contributed by atoms with E-state index in [9.17, 15) is 4.79 Å². The molecule has 188 valence electrons. The Hall–Kier alpha value is -4.33. The minimum atomic E-state index is -0.862. The number of ether oxygens (including phenoxy) is 1. The number of carboxylic acid groups (broad SMARTS) is 1. The van der Waals surface area contributed by atoms with Crippen LogP contribution in [0.2, 0.25) is 0 Å². The number of hydrogen-bond acceptors (Lipinski definition) is 6. The van der Waals surface area contributed by atoms with E-state index in [0.29, 0.717) is 12.2 Å². The maximum absolute atomic E-state index is 11.1. The molecular formula is C30H30N4O3. The smallest absolute Gasteiger partial charge is 0.304 e. The zero-order chi connectivity index (χ0) is 26.0. The van der Waals surface area contributed by atoms with Crippen LogP contribution >= 0.6 is 0 Å². The summed E-state index contributed by atoms with van der Waals surface area (Å²) in [5, 5.41) is 18.0. The van der Waals surface area contributed by atoms with Crippen LogP contribution in [0.1, 0.15) is 41.5 Å². The van der Waals surface area contributed by atoms with Crippen LogP contribution < -0.4 is 9.64 Å². The van der Waals surface area contributed by atoms with Crippen LogP contribution in [0.25, 0.3) is 0 Å². The first-order valence-corrected chi connectivity index (χ1v) is 12.3. The Bertz CT molecular complexity index is 1280. The first kappa shape index (κ1) is 25.8. The van der Waals surface area contributed by atoms with Gasteiger partial charge in [0.15, 0.2) is 0 Å². The zero-order valence-corrected chi connectivity index (χ0v) is 20.9. The summed E-state index contributed by atoms with van der Waals surface area (Å²) < 4.78 is 5.93. The van der Waals surface area contributed by atoms with Gasteiger partial charge in [-0.2, -0.15) is 5.26 Å². The summed E-state index contributed by atoms with van der Waals surface area (Å²) in [6, 6.07) is 21.8. The van der Waals surface area contributed by atoms with Gasteiger partial charge in [-0.15, -0.1) is 5.92 Å². The molecule has 2 aromatic carbocycles. The fourth-order valence-corrected chi connectivity index (χ4v) is 4.34. The van der Waals surface area contributed by atoms with Crippen LogP contribution in [-0.4, -0.2) is 47.1 Å². The van der Waals surface area contributed by atoms with Crippen LogP contribution in [0.5, 0.6) is 5.75 Å². The van der Waals surface area contributed by atoms with Crippen molar-refractivity contribution in [1.29, 1.82) is 5.26 Å². The van der Waals surface area contributed by atoms with Crippen molar-refractivity contribution in [3.05, 3.63) is 89.1 Å². The molecule has 2 heterocycles. The van der Waals surface area contributed by atoms with E-state index in [1.165, 1.54) is 5.56 Å². The summed E-state index contributed by atoms with van der Waals surface area (Å²) >= 11 is 0. The van der Waals surface area contributed by atoms with Gasteiger partial charge in [0.1, 0.15) is 24.2 Å². The lowest BCUT2D eigenvalue weighted by Crippen LogP contribution is -2.46. The van der Waals surface area contributed by atoms with Crippen molar-refractivity contribution < 1.29 is 14.6 Å². The van der Waals surface area contributed by atoms with E-state index in [2.05, 4.69) is 57.0 Å². The second-order valence-electron chi connectivity index (χ2n) is 9.00. The van der Waals surface area contributed by atoms with Crippen molar-refractivity contribution in [1.82, 2.24) is 9.88 Å². The molecule has 0 saturated carbocycles. The van der Waals surface area contributed by atoms with Gasteiger partial charge in [-0.25, -0.2) is 4.98 Å². The highest BCUT2D eigenvalue weighted by atomic mass is 16.5. The molecule has 7 nitrogen and oxygen atoms in total. The van der Waals surface area contributed by atoms with E-state index in [4.69, 9.17) is 15.1 Å². The summed E-state index contributed by atoms with van der Waals surface area (Å²) in [5.41, 5.74) is 3.81. The SMILES string of the molecule is CC#CC(CC(=O)O)c1ccc(OCc2ccc(CN3CCN(c4ccc(C#N)cn4)CC3)cc2)cc1. The lowest BCUT2D eigenvalue weighted by atomic mass is 9.96. The number of aromatic nitrogens is 1. The van der Waals surface area contributed by atoms with Gasteiger partial charge in [0.05, 0.1) is 17.9 Å². The molecule has 1 aliphatic heterocycles. The Morgan fingerprint density at radius 1 is 1.03 bits per heavy atom. The fourth-order valence-electron chi connectivity index (χ4n) is 4.34. The molecule has 37 heavy (non-hydrogen) atoms. The molecule has 1 atom stereocenters. The van der Waals surface area contributed by atoms with Crippen molar-refractivity contribution in [2.24, 2.45) is 0 Å². The van der Waals surface area contributed by atoms with E-state index in [0.717, 1.165) is 55.4 Å². The standard InChI is InChI=1S/C30H30N4O3/c1-2-3-27(18-30(35)36)26-9-11-28(12-10-26)37-22-24-6-4-23(5-7-24)21-33-14-16-34(17-15-33)29-13-8-25(19-31)20-32-29/h4-13,20,27H,14-18,21-22H2,1H3,(H,35,36). The molecule has 1 saturated heterocycles. The molecular weight excluding hydrogens is 464 g/mol. The van der Waals surface area contributed by atoms with Gasteiger partial charge in [0, 0.05) is 38.9 Å². The number of benzene rings is 2. The number of carboxylic acids is 1. The first-order valence-electron chi connectivity index (χ1n) is 12.3. The molecule has 0 amide bonds. The maximum atomic E-state index is 11.1. The number of rotatable bonds is 9. The number of hydrogen-bond donors (Lipinski definition) is 1. The Kier molecular flexibility index (Phi) is 8.75. The number of piperazine rings is 1. The van der Waals surface area contributed by atoms with E-state index in [1.54, 1.807) is 13.1 Å². The Morgan fingerprint density at radius 2 is 1.73 bits per heavy atom. The van der Waals surface area contributed by atoms with E-state index in [-0.39, 0.29) is 12.3 Å². The average molecular weight is 495 g/mol. The van der Waals surface area contributed by atoms with E-state index in [1.807, 2.05) is 36.4 Å². The highest BCUT2D eigenvalue weighted by molar-refractivity contribution is 5.69. The third-order valence-corrected chi connectivity index (χ3v) is 6.39. The summed E-state index contributed by atoms with van der Waals surface area (Å²) in [5.74, 6) is 6.26. The third kappa shape index (κ3) is 7.33. The lowest BCUT2D eigenvalue weighted by molar-refractivity contribution is -0.137. The normalized spacial score (nSPS) is 14.2. The minimum Gasteiger partial charge on any atom is -0.489 e. The summed E-state index contributed by atoms with van der Waals surface area (Å²) in [7, 11) is 0. The lowest BCUT2D eigenvalue weighted by Gasteiger charge is -2.35. The number of nitrogens with zero attached hydrogens (tertiary/aromatic N) is 4. The monoisotopic (exact) mass is 494 g/mol. The quantitative estimate of drug-likeness (QED) is 0.440. The van der Waals surface area contributed by atoms with Gasteiger partial charge in [0.2, 0.25) is 0 Å². The molecule has 1 fully saturated rings. The van der Waals surface area contributed by atoms with Gasteiger partial charge < -0.3 is 14.7 Å². The molecule has 1 unspecified atom stereocenters. The van der Waals surface area contributed by atoms with Gasteiger partial charge >= 0.3 is 5.97 Å². The predicted molar refractivity (Wildman–Crippen MR) is 142 cm³/mol. The molecule has 1 N–H and O–H groups in total. The second-order valence-corrected chi connectivity index (χ2v) is 9.00. The molecule has 0 radical (unpaired) electrons. The number of carbonyl (C=O) groups is 1. The number of pyridine rings is 1. The van der Waals surface area contributed by atoms with Crippen LogP contribution in [0, 0.1) is 23.2 Å². The van der Waals surface area contributed by atoms with Gasteiger partial charge in [-0.1, -0.05) is 42.3 Å². The van der Waals surface area contributed by atoms with Crippen LogP contribution in [-0.2, 0) is 17.9 Å². The Morgan fingerprint density at radius 3 is 2.32 bits per heavy atom. The predicted octanol–water partition coefficient (Wildman–Crippen LogP) is 4.44. The van der Waals surface area contributed by atoms with Crippen molar-refractivity contribution in [3.8, 4) is 23.7 Å². The second kappa shape index (κ2) is 12.6. The summed E-state index contributed by atoms with van der Waals surface area (Å²) in [6.07, 6.45) is 1.61. The van der Waals surface area contributed by atoms with Gasteiger partial charge in [-0.3, -0.25) is 9.69 Å². The zero-order valence-electron chi connectivity index (χ0n) is 20.9. The molecule has 1 aromatic heterocycles. The molecule has 7 heteroatoms. The highest BCUT2D eigenvalue weighted by Gasteiger charge is 2.18. The van der Waals surface area contributed by atoms with Gasteiger partial charge in [0.25, 0.3) is 0 Å². The minimum absolute atomic E-state index is 0.0165. The molecule has 3 aromatic rings. The fraction of sp³-hybridized carbons (Fsp3) is 0.300. The maximum Gasteiger partial charge on any atom is 0.304 e. The van der Waals surface area contributed by atoms with Crippen molar-refractivity contribution in [2.75, 3.05) is 31.1 Å². The summed E-state index contributed by atoms with van der Waals surface area (Å²) in [4.78, 5) is 20.2.